The van der Waals surface area contributed by atoms with Gasteiger partial charge in [-0.3, -0.25) is 4.79 Å². The van der Waals surface area contributed by atoms with Gasteiger partial charge in [-0.1, -0.05) is 66.2 Å². The van der Waals surface area contributed by atoms with Crippen molar-refractivity contribution in [3.8, 4) is 5.75 Å². The Labute approximate surface area is 220 Å². The predicted molar refractivity (Wildman–Crippen MR) is 148 cm³/mol. The summed E-state index contributed by atoms with van der Waals surface area (Å²) in [4.78, 5) is 19.4. The first-order valence-electron chi connectivity index (χ1n) is 12.1. The van der Waals surface area contributed by atoms with Crippen LogP contribution in [-0.4, -0.2) is 12.1 Å². The van der Waals surface area contributed by atoms with Crippen molar-refractivity contribution in [2.45, 2.75) is 38.8 Å². The normalized spacial score (nSPS) is 12.9. The van der Waals surface area contributed by atoms with E-state index in [9.17, 15) is 4.79 Å². The molecule has 0 atom stereocenters. The van der Waals surface area contributed by atoms with Crippen LogP contribution < -0.4 is 10.1 Å². The second-order valence-electron chi connectivity index (χ2n) is 8.77. The number of amides is 1. The van der Waals surface area contributed by atoms with E-state index in [4.69, 9.17) is 21.3 Å². The summed E-state index contributed by atoms with van der Waals surface area (Å²) in [6.07, 6.45) is 6.00. The Morgan fingerprint density at radius 2 is 1.75 bits per heavy atom. The van der Waals surface area contributed by atoms with E-state index >= 15 is 0 Å². The molecule has 0 bridgehead atoms. The summed E-state index contributed by atoms with van der Waals surface area (Å²) < 4.78 is 6.09. The maximum atomic E-state index is 13.3. The summed E-state index contributed by atoms with van der Waals surface area (Å²) in [6, 6.07) is 25.4. The van der Waals surface area contributed by atoms with Crippen LogP contribution in [0.1, 0.15) is 50.3 Å². The van der Waals surface area contributed by atoms with Crippen LogP contribution in [0, 0.1) is 0 Å². The van der Waals surface area contributed by atoms with Crippen LogP contribution in [0.5, 0.6) is 5.75 Å². The van der Waals surface area contributed by atoms with Gasteiger partial charge in [-0.2, -0.15) is 0 Å². The van der Waals surface area contributed by atoms with Gasteiger partial charge in [-0.15, -0.1) is 11.3 Å². The Hall–Kier alpha value is -3.41. The van der Waals surface area contributed by atoms with Gasteiger partial charge in [0.15, 0.2) is 0 Å². The zero-order valence-electron chi connectivity index (χ0n) is 19.9. The van der Waals surface area contributed by atoms with Gasteiger partial charge in [-0.05, 0) is 66.6 Å². The average molecular weight is 515 g/mol. The van der Waals surface area contributed by atoms with Crippen molar-refractivity contribution in [3.63, 3.8) is 0 Å². The number of aryl methyl sites for hydroxylation is 1. The van der Waals surface area contributed by atoms with Crippen molar-refractivity contribution in [1.29, 1.82) is 0 Å². The minimum Gasteiger partial charge on any atom is -0.488 e. The number of benzene rings is 3. The van der Waals surface area contributed by atoms with Crippen molar-refractivity contribution < 1.29 is 9.53 Å². The van der Waals surface area contributed by atoms with E-state index in [0.717, 1.165) is 64.3 Å². The monoisotopic (exact) mass is 514 g/mol. The quantitative estimate of drug-likeness (QED) is 0.247. The van der Waals surface area contributed by atoms with Crippen molar-refractivity contribution in [3.05, 3.63) is 117 Å². The lowest BCUT2D eigenvalue weighted by Gasteiger charge is -2.13. The molecule has 1 amide bonds. The smallest absolute Gasteiger partial charge is 0.254 e. The fraction of sp³-hybridized carbons (Fsp3) is 0.200. The molecule has 0 radical (unpaired) electrons. The molecule has 5 rings (SSSR count). The standard InChI is InChI=1S/C30H27ClN2O2S/c31-24-13-8-11-22(17-24)20-35-26-15-6-4-12-23(26)19-33-30-28(25-14-5-7-16-27(25)36-30)29(34)32-18-21-9-2-1-3-10-21/h1-4,6,8-13,15,17,19H,5,7,14,16,18,20H2,(H,32,34). The highest BCUT2D eigenvalue weighted by molar-refractivity contribution is 7.16. The van der Waals surface area contributed by atoms with Crippen molar-refractivity contribution in [2.75, 3.05) is 0 Å². The average Bonchev–Trinajstić information content (AvgIpc) is 3.29. The van der Waals surface area contributed by atoms with E-state index in [-0.39, 0.29) is 5.91 Å². The molecule has 36 heavy (non-hydrogen) atoms. The number of thiophene rings is 1. The summed E-state index contributed by atoms with van der Waals surface area (Å²) in [5, 5.41) is 4.55. The molecule has 0 unspecified atom stereocenters. The SMILES string of the molecule is O=C(NCc1ccccc1)c1c(N=Cc2ccccc2OCc2cccc(Cl)c2)sc2c1CCCC2. The molecule has 3 aromatic carbocycles. The maximum absolute atomic E-state index is 13.3. The lowest BCUT2D eigenvalue weighted by molar-refractivity contribution is 0.0951. The molecule has 1 aliphatic rings. The molecular weight excluding hydrogens is 488 g/mol. The number of aliphatic imine (C=N–C) groups is 1. The van der Waals surface area contributed by atoms with E-state index in [1.54, 1.807) is 17.6 Å². The molecule has 1 aliphatic carbocycles. The number of hydrogen-bond donors (Lipinski definition) is 1. The largest absolute Gasteiger partial charge is 0.488 e. The van der Waals surface area contributed by atoms with E-state index in [1.807, 2.05) is 78.9 Å². The molecule has 0 spiro atoms. The van der Waals surface area contributed by atoms with Gasteiger partial charge >= 0.3 is 0 Å². The molecule has 4 aromatic rings. The van der Waals surface area contributed by atoms with E-state index < -0.39 is 0 Å². The fourth-order valence-corrected chi connectivity index (χ4v) is 5.82. The van der Waals surface area contributed by atoms with Crippen LogP contribution in [0.25, 0.3) is 0 Å². The number of fused-ring (bicyclic) bond motifs is 1. The number of ether oxygens (including phenoxy) is 1. The molecule has 0 aliphatic heterocycles. The third-order valence-corrected chi connectivity index (χ3v) is 7.63. The van der Waals surface area contributed by atoms with Crippen molar-refractivity contribution in [2.24, 2.45) is 4.99 Å². The predicted octanol–water partition coefficient (Wildman–Crippen LogP) is 7.54. The Morgan fingerprint density at radius 1 is 0.972 bits per heavy atom. The summed E-state index contributed by atoms with van der Waals surface area (Å²) >= 11 is 7.74. The number of para-hydroxylation sites is 1. The van der Waals surface area contributed by atoms with Gasteiger partial charge in [0.25, 0.3) is 5.91 Å². The zero-order valence-corrected chi connectivity index (χ0v) is 21.4. The summed E-state index contributed by atoms with van der Waals surface area (Å²) in [5.74, 6) is 0.675. The Bertz CT molecular complexity index is 1380. The Balaban J connectivity index is 1.37. The molecule has 1 aromatic heterocycles. The van der Waals surface area contributed by atoms with Gasteiger partial charge in [-0.25, -0.2) is 4.99 Å². The summed E-state index contributed by atoms with van der Waals surface area (Å²) in [5.41, 5.74) is 4.82. The third kappa shape index (κ3) is 5.86. The molecule has 182 valence electrons. The van der Waals surface area contributed by atoms with Crippen LogP contribution in [0.15, 0.2) is 83.9 Å². The van der Waals surface area contributed by atoms with Crippen LogP contribution in [0.3, 0.4) is 0 Å². The zero-order chi connectivity index (χ0) is 24.7. The second-order valence-corrected chi connectivity index (χ2v) is 10.3. The van der Waals surface area contributed by atoms with E-state index in [2.05, 4.69) is 5.32 Å². The highest BCUT2D eigenvalue weighted by Gasteiger charge is 2.25. The van der Waals surface area contributed by atoms with Gasteiger partial charge in [0.1, 0.15) is 17.4 Å². The number of hydrogen-bond acceptors (Lipinski definition) is 4. The number of nitrogens with zero attached hydrogens (tertiary/aromatic N) is 1. The number of halogens is 1. The first-order valence-corrected chi connectivity index (χ1v) is 13.3. The number of carbonyl (C=O) groups is 1. The van der Waals surface area contributed by atoms with Crippen LogP contribution in [-0.2, 0) is 26.0 Å². The second kappa shape index (κ2) is 11.5. The Kier molecular flexibility index (Phi) is 7.79. The van der Waals surface area contributed by atoms with Gasteiger partial charge < -0.3 is 10.1 Å². The lowest BCUT2D eigenvalue weighted by atomic mass is 9.95. The molecule has 1 heterocycles. The molecule has 0 fully saturated rings. The first-order chi connectivity index (χ1) is 17.7. The third-order valence-electron chi connectivity index (χ3n) is 6.20. The van der Waals surface area contributed by atoms with Crippen LogP contribution in [0.2, 0.25) is 5.02 Å². The maximum Gasteiger partial charge on any atom is 0.254 e. The highest BCUT2D eigenvalue weighted by Crippen LogP contribution is 2.40. The highest BCUT2D eigenvalue weighted by atomic mass is 35.5. The molecule has 0 saturated heterocycles. The number of carbonyl (C=O) groups excluding carboxylic acids is 1. The van der Waals surface area contributed by atoms with Gasteiger partial charge in [0, 0.05) is 28.2 Å². The molecule has 6 heteroatoms. The fourth-order valence-electron chi connectivity index (χ4n) is 4.38. The molecular formula is C30H27ClN2O2S. The lowest BCUT2D eigenvalue weighted by Crippen LogP contribution is -2.24. The number of nitrogens with one attached hydrogen (secondary N) is 1. The van der Waals surface area contributed by atoms with Gasteiger partial charge in [0.05, 0.1) is 5.56 Å². The Morgan fingerprint density at radius 3 is 2.61 bits per heavy atom. The van der Waals surface area contributed by atoms with E-state index in [1.165, 1.54) is 4.88 Å². The minimum absolute atomic E-state index is 0.0594. The minimum atomic E-state index is -0.0594. The summed E-state index contributed by atoms with van der Waals surface area (Å²) in [7, 11) is 0. The first kappa shape index (κ1) is 24.3. The van der Waals surface area contributed by atoms with Gasteiger partial charge in [0.2, 0.25) is 0 Å². The molecule has 4 nitrogen and oxygen atoms in total. The topological polar surface area (TPSA) is 50.7 Å². The van der Waals surface area contributed by atoms with Crippen molar-refractivity contribution in [1.82, 2.24) is 5.32 Å². The number of rotatable bonds is 8. The van der Waals surface area contributed by atoms with Crippen molar-refractivity contribution >= 4 is 40.1 Å². The molecule has 1 N–H and O–H groups in total. The molecule has 0 saturated carbocycles. The van der Waals surface area contributed by atoms with Crippen LogP contribution in [0.4, 0.5) is 5.00 Å². The van der Waals surface area contributed by atoms with Crippen LogP contribution >= 0.6 is 22.9 Å². The summed E-state index contributed by atoms with van der Waals surface area (Å²) in [6.45, 7) is 0.902. The van der Waals surface area contributed by atoms with E-state index in [0.29, 0.717) is 18.2 Å².